The van der Waals surface area contributed by atoms with E-state index in [1.165, 1.54) is 5.56 Å². The Morgan fingerprint density at radius 1 is 1.08 bits per heavy atom. The average molecular weight is 521 g/mol. The van der Waals surface area contributed by atoms with Crippen LogP contribution in [0.3, 0.4) is 0 Å². The lowest BCUT2D eigenvalue weighted by atomic mass is 9.87. The van der Waals surface area contributed by atoms with Crippen LogP contribution >= 0.6 is 11.6 Å². The van der Waals surface area contributed by atoms with Gasteiger partial charge in [-0.1, -0.05) is 42.5 Å². The third-order valence-electron chi connectivity index (χ3n) is 6.46. The van der Waals surface area contributed by atoms with E-state index in [-0.39, 0.29) is 6.42 Å². The first kappa shape index (κ1) is 26.7. The second kappa shape index (κ2) is 12.8. The SMILES string of the molecule is CNCCOc1ccc(C(=C(CCCl)c2ccc3c(c2)CCO3)c2ccc(C[C@H](N)C(=O)O)cc2)cc1. The number of rotatable bonds is 12. The predicted octanol–water partition coefficient (Wildman–Crippen LogP) is 4.76. The molecule has 3 aromatic carbocycles. The van der Waals surface area contributed by atoms with Crippen molar-refractivity contribution in [2.24, 2.45) is 5.73 Å². The minimum absolute atomic E-state index is 0.271. The van der Waals surface area contributed by atoms with Gasteiger partial charge in [0.15, 0.2) is 0 Å². The summed E-state index contributed by atoms with van der Waals surface area (Å²) in [6.07, 6.45) is 1.85. The van der Waals surface area contributed by atoms with Gasteiger partial charge in [-0.25, -0.2) is 0 Å². The number of carboxylic acids is 1. The van der Waals surface area contributed by atoms with Crippen LogP contribution < -0.4 is 20.5 Å². The third kappa shape index (κ3) is 6.72. The minimum atomic E-state index is -1.01. The lowest BCUT2D eigenvalue weighted by Crippen LogP contribution is -2.32. The molecule has 1 aliphatic rings. The molecule has 0 unspecified atom stereocenters. The first-order valence-electron chi connectivity index (χ1n) is 12.5. The van der Waals surface area contributed by atoms with E-state index in [0.717, 1.165) is 57.9 Å². The molecule has 3 aromatic rings. The van der Waals surface area contributed by atoms with Crippen molar-refractivity contribution in [3.8, 4) is 11.5 Å². The molecule has 0 spiro atoms. The number of halogens is 1. The molecule has 0 saturated carbocycles. The second-order valence-corrected chi connectivity index (χ2v) is 9.41. The standard InChI is InChI=1S/C30H33ClN2O4/c1-33-15-17-36-25-9-6-22(7-10-25)29(21-4-2-20(3-5-21)18-27(32)30(34)35)26(12-14-31)23-8-11-28-24(19-23)13-16-37-28/h2-11,19,27,33H,12-18,32H2,1H3,(H,34,35)/t27-/m0/s1. The highest BCUT2D eigenvalue weighted by molar-refractivity contribution is 6.18. The molecule has 0 aromatic heterocycles. The molecule has 4 N–H and O–H groups in total. The molecule has 4 rings (SSSR count). The Morgan fingerprint density at radius 2 is 1.76 bits per heavy atom. The molecular weight excluding hydrogens is 488 g/mol. The first-order chi connectivity index (χ1) is 18.0. The van der Waals surface area contributed by atoms with Gasteiger partial charge >= 0.3 is 5.97 Å². The highest BCUT2D eigenvalue weighted by Crippen LogP contribution is 2.38. The Hall–Kier alpha value is -3.32. The Bertz CT molecular complexity index is 1240. The topological polar surface area (TPSA) is 93.8 Å². The molecule has 0 radical (unpaired) electrons. The van der Waals surface area contributed by atoms with Gasteiger partial charge in [-0.3, -0.25) is 4.79 Å². The summed E-state index contributed by atoms with van der Waals surface area (Å²) in [5.74, 6) is 1.22. The molecule has 1 heterocycles. The van der Waals surface area contributed by atoms with Gasteiger partial charge in [-0.05, 0) is 83.1 Å². The maximum absolute atomic E-state index is 11.2. The largest absolute Gasteiger partial charge is 0.493 e. The normalized spacial score (nSPS) is 13.9. The van der Waals surface area contributed by atoms with Crippen molar-refractivity contribution in [3.63, 3.8) is 0 Å². The Morgan fingerprint density at radius 3 is 2.41 bits per heavy atom. The summed E-state index contributed by atoms with van der Waals surface area (Å²) in [4.78, 5) is 11.2. The summed E-state index contributed by atoms with van der Waals surface area (Å²) < 4.78 is 11.6. The van der Waals surface area contributed by atoms with Crippen LogP contribution in [-0.2, 0) is 17.6 Å². The number of hydrogen-bond acceptors (Lipinski definition) is 5. The summed E-state index contributed by atoms with van der Waals surface area (Å²) in [6, 6.07) is 21.5. The Balaban J connectivity index is 1.78. The van der Waals surface area contributed by atoms with Gasteiger partial charge in [0.1, 0.15) is 24.1 Å². The fourth-order valence-electron chi connectivity index (χ4n) is 4.54. The third-order valence-corrected chi connectivity index (χ3v) is 6.65. The number of benzene rings is 3. The number of ether oxygens (including phenoxy) is 2. The van der Waals surface area contributed by atoms with Gasteiger partial charge < -0.3 is 25.6 Å². The van der Waals surface area contributed by atoms with Crippen molar-refractivity contribution in [1.82, 2.24) is 5.32 Å². The molecule has 1 atom stereocenters. The number of allylic oxidation sites excluding steroid dienone is 1. The van der Waals surface area contributed by atoms with Gasteiger partial charge in [0.2, 0.25) is 0 Å². The summed E-state index contributed by atoms with van der Waals surface area (Å²) in [5.41, 5.74) is 13.2. The van der Waals surface area contributed by atoms with E-state index in [0.29, 0.717) is 25.5 Å². The number of aliphatic carboxylic acids is 1. The highest BCUT2D eigenvalue weighted by atomic mass is 35.5. The minimum Gasteiger partial charge on any atom is -0.493 e. The van der Waals surface area contributed by atoms with E-state index in [4.69, 9.17) is 26.8 Å². The van der Waals surface area contributed by atoms with Crippen LogP contribution in [0, 0.1) is 0 Å². The lowest BCUT2D eigenvalue weighted by Gasteiger charge is -2.18. The van der Waals surface area contributed by atoms with Gasteiger partial charge in [0, 0.05) is 18.8 Å². The van der Waals surface area contributed by atoms with Crippen LogP contribution in [0.1, 0.15) is 34.2 Å². The van der Waals surface area contributed by atoms with Crippen molar-refractivity contribution in [2.45, 2.75) is 25.3 Å². The zero-order valence-electron chi connectivity index (χ0n) is 21.0. The van der Waals surface area contributed by atoms with Crippen LogP contribution in [0.25, 0.3) is 11.1 Å². The Kier molecular flexibility index (Phi) is 9.23. The monoisotopic (exact) mass is 520 g/mol. The van der Waals surface area contributed by atoms with Crippen LogP contribution in [0.4, 0.5) is 0 Å². The van der Waals surface area contributed by atoms with Gasteiger partial charge in [-0.2, -0.15) is 0 Å². The molecule has 6 nitrogen and oxygen atoms in total. The smallest absolute Gasteiger partial charge is 0.320 e. The quantitative estimate of drug-likeness (QED) is 0.181. The number of nitrogens with two attached hydrogens (primary N) is 1. The van der Waals surface area contributed by atoms with Gasteiger partial charge in [0.25, 0.3) is 0 Å². The molecule has 1 aliphatic heterocycles. The molecule has 0 saturated heterocycles. The van der Waals surface area contributed by atoms with E-state index >= 15 is 0 Å². The van der Waals surface area contributed by atoms with Crippen molar-refractivity contribution < 1.29 is 19.4 Å². The van der Waals surface area contributed by atoms with Crippen molar-refractivity contribution in [3.05, 3.63) is 94.5 Å². The fraction of sp³-hybridized carbons (Fsp3) is 0.300. The van der Waals surface area contributed by atoms with Crippen molar-refractivity contribution >= 4 is 28.7 Å². The number of fused-ring (bicyclic) bond motifs is 1. The van der Waals surface area contributed by atoms with Crippen molar-refractivity contribution in [1.29, 1.82) is 0 Å². The van der Waals surface area contributed by atoms with Gasteiger partial charge in [0.05, 0.1) is 6.61 Å². The van der Waals surface area contributed by atoms with E-state index in [9.17, 15) is 9.90 Å². The number of alkyl halides is 1. The second-order valence-electron chi connectivity index (χ2n) is 9.04. The zero-order chi connectivity index (χ0) is 26.2. The fourth-order valence-corrected chi connectivity index (χ4v) is 4.72. The number of likely N-dealkylation sites (N-methyl/N-ethyl adjacent to an activating group) is 1. The summed E-state index contributed by atoms with van der Waals surface area (Å²) in [5, 5.41) is 12.3. The van der Waals surface area contributed by atoms with Crippen LogP contribution in [0.2, 0.25) is 0 Å². The van der Waals surface area contributed by atoms with Crippen LogP contribution in [-0.4, -0.2) is 49.8 Å². The zero-order valence-corrected chi connectivity index (χ0v) is 21.8. The molecule has 0 bridgehead atoms. The average Bonchev–Trinajstić information content (AvgIpc) is 3.38. The van der Waals surface area contributed by atoms with E-state index in [1.807, 2.05) is 49.5 Å². The molecule has 0 amide bonds. The van der Waals surface area contributed by atoms with E-state index in [1.54, 1.807) is 0 Å². The number of nitrogens with one attached hydrogen (secondary N) is 1. The summed E-state index contributed by atoms with van der Waals surface area (Å²) in [7, 11) is 1.90. The van der Waals surface area contributed by atoms with E-state index in [2.05, 4.69) is 29.6 Å². The molecule has 194 valence electrons. The summed E-state index contributed by atoms with van der Waals surface area (Å²) >= 11 is 6.34. The Labute approximate surface area is 223 Å². The number of carboxylic acid groups (broad SMARTS) is 1. The first-order valence-corrected chi connectivity index (χ1v) is 13.0. The number of carbonyl (C=O) groups is 1. The van der Waals surface area contributed by atoms with Crippen molar-refractivity contribution in [2.75, 3.05) is 32.7 Å². The highest BCUT2D eigenvalue weighted by Gasteiger charge is 2.19. The van der Waals surface area contributed by atoms with Crippen LogP contribution in [0.15, 0.2) is 66.7 Å². The molecule has 0 aliphatic carbocycles. The maximum Gasteiger partial charge on any atom is 0.320 e. The maximum atomic E-state index is 11.2. The van der Waals surface area contributed by atoms with E-state index < -0.39 is 12.0 Å². The number of hydrogen-bond donors (Lipinski definition) is 3. The molecular formula is C30H33ClN2O4. The molecule has 7 heteroatoms. The molecule has 37 heavy (non-hydrogen) atoms. The lowest BCUT2D eigenvalue weighted by molar-refractivity contribution is -0.138. The van der Waals surface area contributed by atoms with Crippen LogP contribution in [0.5, 0.6) is 11.5 Å². The molecule has 0 fully saturated rings. The summed E-state index contributed by atoms with van der Waals surface area (Å²) in [6.45, 7) is 2.06. The van der Waals surface area contributed by atoms with Gasteiger partial charge in [-0.15, -0.1) is 11.6 Å². The predicted molar refractivity (Wildman–Crippen MR) is 149 cm³/mol.